The van der Waals surface area contributed by atoms with Crippen LogP contribution in [0.2, 0.25) is 0 Å². The Balaban J connectivity index is 1.05. The van der Waals surface area contributed by atoms with Gasteiger partial charge in [0.1, 0.15) is 0 Å². The van der Waals surface area contributed by atoms with E-state index in [2.05, 4.69) is 0 Å². The van der Waals surface area contributed by atoms with Crippen molar-refractivity contribution < 1.29 is 28.8 Å². The van der Waals surface area contributed by atoms with Crippen LogP contribution in [0.5, 0.6) is 0 Å². The first-order valence-electron chi connectivity index (χ1n) is 13.1. The molecule has 3 saturated heterocycles. The molecule has 10 nitrogen and oxygen atoms in total. The topological polar surface area (TPSA) is 115 Å². The fourth-order valence-electron chi connectivity index (χ4n) is 6.17. The first-order chi connectivity index (χ1) is 18.2. The second-order valence-corrected chi connectivity index (χ2v) is 11.5. The molecule has 0 saturated carbocycles. The number of carbonyl (C=O) groups excluding carboxylic acids is 6. The highest BCUT2D eigenvalue weighted by molar-refractivity contribution is 6.30. The van der Waals surface area contributed by atoms with E-state index in [1.165, 1.54) is 9.80 Å². The van der Waals surface area contributed by atoms with Crippen molar-refractivity contribution in [3.63, 3.8) is 0 Å². The van der Waals surface area contributed by atoms with Crippen molar-refractivity contribution in [1.82, 2.24) is 19.6 Å². The average molecular weight is 565 g/mol. The molecular weight excluding hydrogens is 535 g/mol. The predicted octanol–water partition coefficient (Wildman–Crippen LogP) is 1.47. The summed E-state index contributed by atoms with van der Waals surface area (Å²) in [5.74, 6) is -3.00. The van der Waals surface area contributed by atoms with Crippen molar-refractivity contribution in [1.29, 1.82) is 0 Å². The van der Waals surface area contributed by atoms with E-state index in [0.717, 1.165) is 0 Å². The summed E-state index contributed by atoms with van der Waals surface area (Å²) in [6.45, 7) is 1.45. The lowest BCUT2D eigenvalue weighted by Gasteiger charge is -2.35. The first kappa shape index (κ1) is 26.9. The van der Waals surface area contributed by atoms with Gasteiger partial charge in [0.25, 0.3) is 0 Å². The molecule has 12 heteroatoms. The van der Waals surface area contributed by atoms with E-state index in [1.807, 2.05) is 0 Å². The predicted molar refractivity (Wildman–Crippen MR) is 136 cm³/mol. The fourth-order valence-corrected chi connectivity index (χ4v) is 6.68. The number of hydrogen-bond acceptors (Lipinski definition) is 6. The van der Waals surface area contributed by atoms with Crippen LogP contribution in [0.1, 0.15) is 38.5 Å². The molecule has 3 fully saturated rings. The van der Waals surface area contributed by atoms with Crippen LogP contribution in [-0.4, -0.2) is 94.3 Å². The molecule has 204 valence electrons. The Labute approximate surface area is 230 Å². The van der Waals surface area contributed by atoms with E-state index in [1.54, 1.807) is 22.0 Å². The molecule has 2 aliphatic carbocycles. The molecule has 0 spiro atoms. The number of nitrogens with zero attached hydrogens (tertiary/aromatic N) is 4. The summed E-state index contributed by atoms with van der Waals surface area (Å²) in [6, 6.07) is 0. The van der Waals surface area contributed by atoms with Crippen LogP contribution in [0, 0.1) is 23.7 Å². The summed E-state index contributed by atoms with van der Waals surface area (Å²) >= 11 is 12.1. The van der Waals surface area contributed by atoms with Gasteiger partial charge < -0.3 is 9.80 Å². The number of halogens is 2. The SMILES string of the molecule is O=C(CCN1C(=O)[C@H]2CC=C(Cl)C[C@@H]2C1=O)N1CCN(C(=O)CCN2C(=O)[C@H]3CC(Cl)=CC[C@H]3C2=O)CC1. The zero-order chi connectivity index (χ0) is 27.1. The molecular formula is C26H30Cl2N4O6. The van der Waals surface area contributed by atoms with Crippen molar-refractivity contribution in [2.45, 2.75) is 38.5 Å². The number of allylic oxidation sites excluding steroid dienone is 4. The second kappa shape index (κ2) is 10.8. The van der Waals surface area contributed by atoms with Gasteiger partial charge in [-0.25, -0.2) is 0 Å². The van der Waals surface area contributed by atoms with Gasteiger partial charge in [-0.05, 0) is 25.7 Å². The summed E-state index contributed by atoms with van der Waals surface area (Å²) in [6.07, 6.45) is 5.25. The van der Waals surface area contributed by atoms with Gasteiger partial charge in [0.2, 0.25) is 35.4 Å². The van der Waals surface area contributed by atoms with E-state index in [9.17, 15) is 28.8 Å². The minimum atomic E-state index is -0.436. The highest BCUT2D eigenvalue weighted by Crippen LogP contribution is 2.40. The monoisotopic (exact) mass is 564 g/mol. The van der Waals surface area contributed by atoms with Gasteiger partial charge >= 0.3 is 0 Å². The minimum absolute atomic E-state index is 0.0341. The van der Waals surface area contributed by atoms with E-state index in [4.69, 9.17) is 23.2 Å². The largest absolute Gasteiger partial charge is 0.339 e. The third-order valence-corrected chi connectivity index (χ3v) is 9.02. The number of rotatable bonds is 6. The smallest absolute Gasteiger partial charge is 0.233 e. The molecule has 0 unspecified atom stereocenters. The number of carbonyl (C=O) groups is 6. The Bertz CT molecular complexity index is 1060. The number of amides is 6. The van der Waals surface area contributed by atoms with Gasteiger partial charge in [-0.2, -0.15) is 0 Å². The highest BCUT2D eigenvalue weighted by atomic mass is 35.5. The van der Waals surface area contributed by atoms with Crippen LogP contribution in [0.4, 0.5) is 0 Å². The van der Waals surface area contributed by atoms with Crippen LogP contribution < -0.4 is 0 Å². The lowest BCUT2D eigenvalue weighted by atomic mass is 9.85. The molecule has 6 amide bonds. The Morgan fingerprint density at radius 1 is 0.632 bits per heavy atom. The molecule has 5 rings (SSSR count). The lowest BCUT2D eigenvalue weighted by Crippen LogP contribution is -2.51. The second-order valence-electron chi connectivity index (χ2n) is 10.5. The lowest BCUT2D eigenvalue weighted by molar-refractivity contribution is -0.145. The summed E-state index contributed by atoms with van der Waals surface area (Å²) in [5.41, 5.74) is 0. The first-order valence-corrected chi connectivity index (χ1v) is 13.9. The number of hydrogen-bond donors (Lipinski definition) is 0. The van der Waals surface area contributed by atoms with Gasteiger partial charge in [-0.15, -0.1) is 0 Å². The van der Waals surface area contributed by atoms with Crippen molar-refractivity contribution in [2.24, 2.45) is 23.7 Å². The van der Waals surface area contributed by atoms with Crippen molar-refractivity contribution in [3.8, 4) is 0 Å². The molecule has 0 aromatic rings. The third kappa shape index (κ3) is 5.00. The maximum absolute atomic E-state index is 12.8. The van der Waals surface area contributed by atoms with Gasteiger partial charge in [0, 0.05) is 62.2 Å². The molecule has 0 aromatic heterocycles. The van der Waals surface area contributed by atoms with Crippen LogP contribution in [0.3, 0.4) is 0 Å². The minimum Gasteiger partial charge on any atom is -0.339 e. The maximum Gasteiger partial charge on any atom is 0.233 e. The Morgan fingerprint density at radius 2 is 0.974 bits per heavy atom. The Hall–Kier alpha value is -2.72. The zero-order valence-electron chi connectivity index (χ0n) is 20.9. The number of imide groups is 2. The Morgan fingerprint density at radius 3 is 1.34 bits per heavy atom. The normalized spacial score (nSPS) is 29.4. The highest BCUT2D eigenvalue weighted by Gasteiger charge is 2.49. The molecule has 0 radical (unpaired) electrons. The van der Waals surface area contributed by atoms with Crippen molar-refractivity contribution in [3.05, 3.63) is 22.2 Å². The number of fused-ring (bicyclic) bond motifs is 2. The molecule has 5 aliphatic rings. The van der Waals surface area contributed by atoms with Crippen LogP contribution in [-0.2, 0) is 28.8 Å². The molecule has 0 aromatic carbocycles. The van der Waals surface area contributed by atoms with Gasteiger partial charge in [0.05, 0.1) is 23.7 Å². The van der Waals surface area contributed by atoms with Crippen molar-refractivity contribution in [2.75, 3.05) is 39.3 Å². The van der Waals surface area contributed by atoms with E-state index in [0.29, 0.717) is 61.9 Å². The van der Waals surface area contributed by atoms with Crippen LogP contribution in [0.25, 0.3) is 0 Å². The summed E-state index contributed by atoms with van der Waals surface area (Å²) in [7, 11) is 0. The average Bonchev–Trinajstić information content (AvgIpc) is 3.28. The summed E-state index contributed by atoms with van der Waals surface area (Å²) < 4.78 is 0. The fraction of sp³-hybridized carbons (Fsp3) is 0.615. The number of likely N-dealkylation sites (tertiary alicyclic amines) is 2. The quantitative estimate of drug-likeness (QED) is 0.451. The van der Waals surface area contributed by atoms with Crippen LogP contribution >= 0.6 is 23.2 Å². The summed E-state index contributed by atoms with van der Waals surface area (Å²) in [4.78, 5) is 81.9. The van der Waals surface area contributed by atoms with Gasteiger partial charge in [-0.1, -0.05) is 35.4 Å². The van der Waals surface area contributed by atoms with Crippen molar-refractivity contribution >= 4 is 58.6 Å². The molecule has 3 heterocycles. The maximum atomic E-state index is 12.8. The van der Waals surface area contributed by atoms with E-state index >= 15 is 0 Å². The molecule has 4 atom stereocenters. The molecule has 3 aliphatic heterocycles. The standard InChI is InChI=1S/C26H30Cl2N4O6/c27-15-1-3-17-19(13-15)25(37)31(23(17)35)7-5-21(33)29-9-11-30(12-10-29)22(34)6-8-32-24(36)18-4-2-16(28)14-20(18)26(32)38/h1-2,17-20H,3-14H2/t17-,18+,19-,20-/m0/s1. The van der Waals surface area contributed by atoms with E-state index in [-0.39, 0.29) is 73.2 Å². The van der Waals surface area contributed by atoms with Gasteiger partial charge in [-0.3, -0.25) is 38.6 Å². The van der Waals surface area contributed by atoms with Crippen LogP contribution in [0.15, 0.2) is 22.2 Å². The number of piperazine rings is 1. The summed E-state index contributed by atoms with van der Waals surface area (Å²) in [5, 5.41) is 1.19. The zero-order valence-corrected chi connectivity index (χ0v) is 22.5. The Kier molecular flexibility index (Phi) is 7.64. The van der Waals surface area contributed by atoms with E-state index < -0.39 is 11.8 Å². The molecule has 38 heavy (non-hydrogen) atoms. The molecule has 0 N–H and O–H groups in total. The molecule has 0 bridgehead atoms. The van der Waals surface area contributed by atoms with Gasteiger partial charge in [0.15, 0.2) is 0 Å². The third-order valence-electron chi connectivity index (χ3n) is 8.40.